The lowest BCUT2D eigenvalue weighted by Gasteiger charge is -2.33. The maximum Gasteiger partial charge on any atom is 0.244 e. The van der Waals surface area contributed by atoms with Gasteiger partial charge in [0.15, 0.2) is 0 Å². The van der Waals surface area contributed by atoms with Gasteiger partial charge >= 0.3 is 0 Å². The van der Waals surface area contributed by atoms with Crippen LogP contribution in [0.1, 0.15) is 33.3 Å². The third-order valence-electron chi connectivity index (χ3n) is 4.80. The zero-order valence-electron chi connectivity index (χ0n) is 19.6. The van der Waals surface area contributed by atoms with Crippen LogP contribution in [0.3, 0.4) is 0 Å². The SMILES string of the molecule is CC(C(=O)NC(C)(C)C)N(Cc1ccc(Br)cc1)C(=O)CN(c1ccc(F)c(Cl)c1)S(C)(=O)=O. The van der Waals surface area contributed by atoms with E-state index >= 15 is 0 Å². The number of sulfonamides is 1. The van der Waals surface area contributed by atoms with Crippen molar-refractivity contribution in [1.82, 2.24) is 10.2 Å². The summed E-state index contributed by atoms with van der Waals surface area (Å²) in [5.74, 6) is -1.70. The Labute approximate surface area is 213 Å². The Kier molecular flexibility index (Phi) is 9.12. The van der Waals surface area contributed by atoms with Gasteiger partial charge < -0.3 is 10.2 Å². The number of hydrogen-bond donors (Lipinski definition) is 1. The Hall–Kier alpha value is -2.17. The van der Waals surface area contributed by atoms with E-state index in [0.29, 0.717) is 0 Å². The molecule has 1 atom stereocenters. The molecule has 0 fully saturated rings. The molecule has 0 heterocycles. The lowest BCUT2D eigenvalue weighted by atomic mass is 10.1. The monoisotopic (exact) mass is 575 g/mol. The molecule has 11 heteroatoms. The molecule has 0 saturated heterocycles. The van der Waals surface area contributed by atoms with Crippen molar-refractivity contribution >= 4 is 55.1 Å². The van der Waals surface area contributed by atoms with Gasteiger partial charge in [0, 0.05) is 16.6 Å². The number of rotatable bonds is 8. The average molecular weight is 577 g/mol. The summed E-state index contributed by atoms with van der Waals surface area (Å²) in [6, 6.07) is 9.71. The van der Waals surface area contributed by atoms with Crippen LogP contribution >= 0.6 is 27.5 Å². The highest BCUT2D eigenvalue weighted by Gasteiger charge is 2.31. The Morgan fingerprint density at radius 1 is 1.15 bits per heavy atom. The van der Waals surface area contributed by atoms with Gasteiger partial charge in [-0.2, -0.15) is 0 Å². The lowest BCUT2D eigenvalue weighted by molar-refractivity contribution is -0.140. The molecule has 0 aliphatic rings. The molecular formula is C23H28BrClFN3O4S. The van der Waals surface area contributed by atoms with Gasteiger partial charge in [-0.1, -0.05) is 39.7 Å². The van der Waals surface area contributed by atoms with E-state index in [-0.39, 0.29) is 23.2 Å². The molecule has 2 amide bonds. The number of benzene rings is 2. The molecule has 2 aromatic rings. The summed E-state index contributed by atoms with van der Waals surface area (Å²) in [6.07, 6.45) is 0.937. The van der Waals surface area contributed by atoms with Gasteiger partial charge in [0.05, 0.1) is 17.0 Å². The first-order valence-corrected chi connectivity index (χ1v) is 13.4. The van der Waals surface area contributed by atoms with E-state index in [1.165, 1.54) is 11.0 Å². The first-order chi connectivity index (χ1) is 15.6. The fraction of sp³-hybridized carbons (Fsp3) is 0.391. The van der Waals surface area contributed by atoms with Crippen molar-refractivity contribution in [1.29, 1.82) is 0 Å². The van der Waals surface area contributed by atoms with Crippen molar-refractivity contribution in [3.8, 4) is 0 Å². The van der Waals surface area contributed by atoms with Crippen molar-refractivity contribution in [3.63, 3.8) is 0 Å². The highest BCUT2D eigenvalue weighted by molar-refractivity contribution is 9.10. The summed E-state index contributed by atoms with van der Waals surface area (Å²) in [5.41, 5.74) is 0.266. The summed E-state index contributed by atoms with van der Waals surface area (Å²) in [5, 5.41) is 2.57. The predicted octanol–water partition coefficient (Wildman–Crippen LogP) is 4.34. The minimum absolute atomic E-state index is 0.0395. The minimum atomic E-state index is -3.93. The number of anilines is 1. The predicted molar refractivity (Wildman–Crippen MR) is 136 cm³/mol. The van der Waals surface area contributed by atoms with E-state index < -0.39 is 39.9 Å². The molecule has 34 heavy (non-hydrogen) atoms. The third-order valence-corrected chi connectivity index (χ3v) is 6.76. The van der Waals surface area contributed by atoms with Crippen LogP contribution < -0.4 is 9.62 Å². The summed E-state index contributed by atoms with van der Waals surface area (Å²) in [6.45, 7) is 6.53. The molecule has 2 aromatic carbocycles. The van der Waals surface area contributed by atoms with Crippen LogP contribution in [0, 0.1) is 5.82 Å². The van der Waals surface area contributed by atoms with E-state index in [1.54, 1.807) is 31.2 Å². The molecule has 0 aliphatic heterocycles. The molecule has 7 nitrogen and oxygen atoms in total. The van der Waals surface area contributed by atoms with E-state index in [0.717, 1.165) is 32.7 Å². The molecule has 0 radical (unpaired) electrons. The standard InChI is InChI=1S/C23H28BrClFN3O4S/c1-15(22(31)27-23(2,3)4)28(13-16-6-8-17(24)9-7-16)21(30)14-29(34(5,32)33)18-10-11-20(26)19(25)12-18/h6-12,15H,13-14H2,1-5H3,(H,27,31). The highest BCUT2D eigenvalue weighted by atomic mass is 79.9. The van der Waals surface area contributed by atoms with Crippen molar-refractivity contribution in [2.24, 2.45) is 0 Å². The Morgan fingerprint density at radius 3 is 2.24 bits per heavy atom. The maximum absolute atomic E-state index is 13.6. The van der Waals surface area contributed by atoms with Crippen molar-refractivity contribution in [3.05, 3.63) is 63.3 Å². The molecule has 1 unspecified atom stereocenters. The number of hydrogen-bond acceptors (Lipinski definition) is 4. The molecule has 0 aromatic heterocycles. The smallest absolute Gasteiger partial charge is 0.244 e. The average Bonchev–Trinajstić information content (AvgIpc) is 2.71. The van der Waals surface area contributed by atoms with Gasteiger partial charge in [-0.05, 0) is 63.6 Å². The van der Waals surface area contributed by atoms with Crippen LogP contribution in [0.5, 0.6) is 0 Å². The maximum atomic E-state index is 13.6. The summed E-state index contributed by atoms with van der Waals surface area (Å²) in [7, 11) is -3.93. The van der Waals surface area contributed by atoms with Gasteiger partial charge in [0.1, 0.15) is 18.4 Å². The van der Waals surface area contributed by atoms with Gasteiger partial charge in [-0.25, -0.2) is 12.8 Å². The summed E-state index contributed by atoms with van der Waals surface area (Å²) in [4.78, 5) is 27.6. The van der Waals surface area contributed by atoms with Gasteiger partial charge in [0.25, 0.3) is 0 Å². The van der Waals surface area contributed by atoms with Crippen LogP contribution in [0.15, 0.2) is 46.9 Å². The van der Waals surface area contributed by atoms with E-state index in [4.69, 9.17) is 11.6 Å². The Bertz CT molecular complexity index is 1150. The van der Waals surface area contributed by atoms with Crippen LogP contribution in [0.4, 0.5) is 10.1 Å². The van der Waals surface area contributed by atoms with Crippen LogP contribution in [-0.4, -0.2) is 49.5 Å². The topological polar surface area (TPSA) is 86.8 Å². The number of halogens is 3. The lowest BCUT2D eigenvalue weighted by Crippen LogP contribution is -2.54. The van der Waals surface area contributed by atoms with Crippen molar-refractivity contribution in [2.75, 3.05) is 17.1 Å². The van der Waals surface area contributed by atoms with E-state index in [9.17, 15) is 22.4 Å². The molecule has 186 valence electrons. The van der Waals surface area contributed by atoms with Crippen LogP contribution in [-0.2, 0) is 26.2 Å². The first-order valence-electron chi connectivity index (χ1n) is 10.4. The molecule has 2 rings (SSSR count). The molecule has 0 spiro atoms. The van der Waals surface area contributed by atoms with Crippen LogP contribution in [0.2, 0.25) is 5.02 Å². The normalized spacial score (nSPS) is 12.7. The molecular weight excluding hydrogens is 549 g/mol. The van der Waals surface area contributed by atoms with Crippen LogP contribution in [0.25, 0.3) is 0 Å². The largest absolute Gasteiger partial charge is 0.350 e. The second kappa shape index (κ2) is 11.0. The van der Waals surface area contributed by atoms with E-state index in [2.05, 4.69) is 21.2 Å². The third kappa shape index (κ3) is 7.95. The van der Waals surface area contributed by atoms with Crippen molar-refractivity contribution < 1.29 is 22.4 Å². The number of nitrogens with one attached hydrogen (secondary N) is 1. The quantitative estimate of drug-likeness (QED) is 0.507. The highest BCUT2D eigenvalue weighted by Crippen LogP contribution is 2.25. The first kappa shape index (κ1) is 28.1. The number of carbonyl (C=O) groups excluding carboxylic acids is 2. The zero-order valence-corrected chi connectivity index (χ0v) is 22.8. The fourth-order valence-electron chi connectivity index (χ4n) is 3.10. The van der Waals surface area contributed by atoms with Gasteiger partial charge in [0.2, 0.25) is 21.8 Å². The summed E-state index contributed by atoms with van der Waals surface area (Å²) < 4.78 is 40.3. The van der Waals surface area contributed by atoms with E-state index in [1.807, 2.05) is 20.8 Å². The van der Waals surface area contributed by atoms with Gasteiger partial charge in [-0.3, -0.25) is 13.9 Å². The summed E-state index contributed by atoms with van der Waals surface area (Å²) >= 11 is 9.19. The second-order valence-corrected chi connectivity index (χ2v) is 12.2. The minimum Gasteiger partial charge on any atom is -0.350 e. The molecule has 0 aliphatic carbocycles. The molecule has 0 bridgehead atoms. The number of nitrogens with zero attached hydrogens (tertiary/aromatic N) is 2. The Balaban J connectivity index is 2.41. The second-order valence-electron chi connectivity index (χ2n) is 8.93. The molecule has 1 N–H and O–H groups in total. The number of amides is 2. The number of carbonyl (C=O) groups is 2. The Morgan fingerprint density at radius 2 is 1.74 bits per heavy atom. The zero-order chi connectivity index (χ0) is 25.8. The van der Waals surface area contributed by atoms with Crippen molar-refractivity contribution in [2.45, 2.75) is 45.8 Å². The van der Waals surface area contributed by atoms with Gasteiger partial charge in [-0.15, -0.1) is 0 Å². The molecule has 0 saturated carbocycles. The fourth-order valence-corrected chi connectivity index (χ4v) is 4.38.